The average Bonchev–Trinajstić information content (AvgIpc) is 2.75. The van der Waals surface area contributed by atoms with Crippen LogP contribution in [0.3, 0.4) is 0 Å². The monoisotopic (exact) mass is 312 g/mol. The Balaban J connectivity index is 2.37. The maximum atomic E-state index is 12.2. The molecule has 0 heterocycles. The summed E-state index contributed by atoms with van der Waals surface area (Å²) in [5.74, 6) is -0.361. The molecule has 0 unspecified atom stereocenters. The van der Waals surface area contributed by atoms with Crippen LogP contribution < -0.4 is 10.6 Å². The van der Waals surface area contributed by atoms with Gasteiger partial charge in [0.15, 0.2) is 0 Å². The lowest BCUT2D eigenvalue weighted by Gasteiger charge is -2.23. The maximum Gasteiger partial charge on any atom is 0.249 e. The van der Waals surface area contributed by atoms with Gasteiger partial charge in [0.05, 0.1) is 6.10 Å². The Bertz CT molecular complexity index is 352. The lowest BCUT2D eigenvalue weighted by molar-refractivity contribution is -0.139. The van der Waals surface area contributed by atoms with Gasteiger partial charge in [-0.2, -0.15) is 0 Å². The second-order valence-electron chi connectivity index (χ2n) is 6.44. The van der Waals surface area contributed by atoms with Crippen molar-refractivity contribution >= 4 is 11.8 Å². The number of carbonyl (C=O) groups is 2. The third kappa shape index (κ3) is 6.77. The summed E-state index contributed by atoms with van der Waals surface area (Å²) >= 11 is 0. The molecule has 0 bridgehead atoms. The first-order valence-corrected chi connectivity index (χ1v) is 8.70. The Kier molecular flexibility index (Phi) is 8.46. The molecule has 0 aromatic heterocycles. The standard InChI is InChI=1S/C17H32N2O3/c1-5-12(2)18-16(20)13(3)19-17(21)14(4)22-15-10-8-6-7-9-11-15/h12-15H,5-11H2,1-4H3,(H,18,20)(H,19,21)/t12-,13+,14-/m0/s1. The molecule has 5 heteroatoms. The van der Waals surface area contributed by atoms with Crippen LogP contribution in [0.5, 0.6) is 0 Å². The summed E-state index contributed by atoms with van der Waals surface area (Å²) in [5.41, 5.74) is 0. The van der Waals surface area contributed by atoms with Crippen molar-refractivity contribution < 1.29 is 14.3 Å². The van der Waals surface area contributed by atoms with Crippen molar-refractivity contribution in [3.63, 3.8) is 0 Å². The summed E-state index contributed by atoms with van der Waals surface area (Å²) in [6.07, 6.45) is 7.45. The first-order chi connectivity index (χ1) is 10.4. The fraction of sp³-hybridized carbons (Fsp3) is 0.882. The smallest absolute Gasteiger partial charge is 0.249 e. The van der Waals surface area contributed by atoms with Crippen LogP contribution in [0.2, 0.25) is 0 Å². The van der Waals surface area contributed by atoms with Crippen LogP contribution in [0.25, 0.3) is 0 Å². The van der Waals surface area contributed by atoms with Gasteiger partial charge in [0.2, 0.25) is 11.8 Å². The van der Waals surface area contributed by atoms with E-state index in [1.54, 1.807) is 13.8 Å². The van der Waals surface area contributed by atoms with E-state index in [-0.39, 0.29) is 24.0 Å². The Hall–Kier alpha value is -1.10. The van der Waals surface area contributed by atoms with E-state index in [1.165, 1.54) is 25.7 Å². The minimum atomic E-state index is -0.540. The minimum Gasteiger partial charge on any atom is -0.365 e. The van der Waals surface area contributed by atoms with Crippen LogP contribution in [-0.4, -0.2) is 36.1 Å². The third-order valence-electron chi connectivity index (χ3n) is 4.32. The summed E-state index contributed by atoms with van der Waals surface area (Å²) in [4.78, 5) is 24.1. The second-order valence-corrected chi connectivity index (χ2v) is 6.44. The van der Waals surface area contributed by atoms with Gasteiger partial charge in [-0.05, 0) is 40.0 Å². The van der Waals surface area contributed by atoms with Crippen molar-refractivity contribution in [1.82, 2.24) is 10.6 Å². The number of nitrogens with one attached hydrogen (secondary N) is 2. The highest BCUT2D eigenvalue weighted by Gasteiger charge is 2.23. The average molecular weight is 312 g/mol. The number of rotatable bonds is 7. The molecule has 0 aliphatic heterocycles. The van der Waals surface area contributed by atoms with Gasteiger partial charge in [0.25, 0.3) is 0 Å². The van der Waals surface area contributed by atoms with Crippen LogP contribution in [0, 0.1) is 0 Å². The van der Waals surface area contributed by atoms with Crippen LogP contribution in [0.4, 0.5) is 0 Å². The lowest BCUT2D eigenvalue weighted by Crippen LogP contribution is -2.50. The molecule has 128 valence electrons. The molecule has 1 fully saturated rings. The highest BCUT2D eigenvalue weighted by atomic mass is 16.5. The minimum absolute atomic E-state index is 0.117. The summed E-state index contributed by atoms with van der Waals surface area (Å²) in [7, 11) is 0. The number of ether oxygens (including phenoxy) is 1. The molecule has 22 heavy (non-hydrogen) atoms. The molecule has 0 spiro atoms. The summed E-state index contributed by atoms with van der Waals surface area (Å²) in [6, 6.07) is -0.423. The Morgan fingerprint density at radius 2 is 1.59 bits per heavy atom. The quantitative estimate of drug-likeness (QED) is 0.710. The number of hydrogen-bond acceptors (Lipinski definition) is 3. The zero-order chi connectivity index (χ0) is 16.5. The molecule has 0 radical (unpaired) electrons. The van der Waals surface area contributed by atoms with Gasteiger partial charge < -0.3 is 15.4 Å². The van der Waals surface area contributed by atoms with Gasteiger partial charge in [-0.1, -0.05) is 32.6 Å². The second kappa shape index (κ2) is 9.82. The highest BCUT2D eigenvalue weighted by molar-refractivity contribution is 5.89. The molecule has 0 aromatic rings. The zero-order valence-electron chi connectivity index (χ0n) is 14.5. The van der Waals surface area contributed by atoms with E-state index in [2.05, 4.69) is 10.6 Å². The largest absolute Gasteiger partial charge is 0.365 e. The molecule has 5 nitrogen and oxygen atoms in total. The third-order valence-corrected chi connectivity index (χ3v) is 4.32. The van der Waals surface area contributed by atoms with Crippen molar-refractivity contribution in [2.24, 2.45) is 0 Å². The van der Waals surface area contributed by atoms with Crippen LogP contribution in [0.15, 0.2) is 0 Å². The molecule has 1 saturated carbocycles. The predicted octanol–water partition coefficient (Wildman–Crippen LogP) is 2.53. The van der Waals surface area contributed by atoms with Crippen molar-refractivity contribution in [3.05, 3.63) is 0 Å². The number of hydrogen-bond donors (Lipinski definition) is 2. The Morgan fingerprint density at radius 1 is 1.00 bits per heavy atom. The number of amides is 2. The van der Waals surface area contributed by atoms with E-state index in [1.807, 2.05) is 13.8 Å². The van der Waals surface area contributed by atoms with Crippen molar-refractivity contribution in [2.45, 2.75) is 96.9 Å². The van der Waals surface area contributed by atoms with Gasteiger partial charge in [-0.25, -0.2) is 0 Å². The molecular weight excluding hydrogens is 280 g/mol. The molecule has 0 aromatic carbocycles. The van der Waals surface area contributed by atoms with E-state index in [0.29, 0.717) is 0 Å². The van der Waals surface area contributed by atoms with E-state index in [0.717, 1.165) is 19.3 Å². The molecule has 1 aliphatic carbocycles. The fourth-order valence-corrected chi connectivity index (χ4v) is 2.59. The molecule has 1 rings (SSSR count). The normalized spacial score (nSPS) is 20.5. The summed E-state index contributed by atoms with van der Waals surface area (Å²) in [6.45, 7) is 7.43. The van der Waals surface area contributed by atoms with Crippen LogP contribution in [0.1, 0.15) is 72.6 Å². The molecule has 3 atom stereocenters. The zero-order valence-corrected chi connectivity index (χ0v) is 14.5. The lowest BCUT2D eigenvalue weighted by atomic mass is 10.1. The predicted molar refractivity (Wildman–Crippen MR) is 87.5 cm³/mol. The Morgan fingerprint density at radius 3 is 2.14 bits per heavy atom. The fourth-order valence-electron chi connectivity index (χ4n) is 2.59. The summed E-state index contributed by atoms with van der Waals surface area (Å²) in [5, 5.41) is 5.61. The van der Waals surface area contributed by atoms with E-state index in [4.69, 9.17) is 4.74 Å². The summed E-state index contributed by atoms with van der Waals surface area (Å²) < 4.78 is 5.87. The molecule has 1 aliphatic rings. The van der Waals surface area contributed by atoms with E-state index in [9.17, 15) is 9.59 Å². The van der Waals surface area contributed by atoms with Crippen LogP contribution >= 0.6 is 0 Å². The van der Waals surface area contributed by atoms with Gasteiger partial charge in [-0.15, -0.1) is 0 Å². The Labute approximate surface area is 134 Å². The van der Waals surface area contributed by atoms with Crippen molar-refractivity contribution in [2.75, 3.05) is 0 Å². The van der Waals surface area contributed by atoms with Gasteiger partial charge in [0, 0.05) is 6.04 Å². The first-order valence-electron chi connectivity index (χ1n) is 8.70. The molecule has 2 amide bonds. The van der Waals surface area contributed by atoms with E-state index < -0.39 is 12.1 Å². The van der Waals surface area contributed by atoms with Crippen molar-refractivity contribution in [1.29, 1.82) is 0 Å². The maximum absolute atomic E-state index is 12.2. The highest BCUT2D eigenvalue weighted by Crippen LogP contribution is 2.20. The van der Waals surface area contributed by atoms with Crippen molar-refractivity contribution in [3.8, 4) is 0 Å². The van der Waals surface area contributed by atoms with E-state index >= 15 is 0 Å². The molecular formula is C17H32N2O3. The number of carbonyl (C=O) groups excluding carboxylic acids is 2. The van der Waals surface area contributed by atoms with Gasteiger partial charge in [0.1, 0.15) is 12.1 Å². The molecule has 2 N–H and O–H groups in total. The first kappa shape index (κ1) is 18.9. The SMILES string of the molecule is CC[C@H](C)NC(=O)[C@@H](C)NC(=O)[C@H](C)OC1CCCCCC1. The van der Waals surface area contributed by atoms with Gasteiger partial charge in [-0.3, -0.25) is 9.59 Å². The van der Waals surface area contributed by atoms with Gasteiger partial charge >= 0.3 is 0 Å². The molecule has 0 saturated heterocycles. The topological polar surface area (TPSA) is 67.4 Å². The van der Waals surface area contributed by atoms with Crippen LogP contribution in [-0.2, 0) is 14.3 Å².